The molecule has 0 N–H and O–H groups in total. The van der Waals surface area contributed by atoms with E-state index in [2.05, 4.69) is 36.9 Å². The minimum absolute atomic E-state index is 0.687. The average molecular weight is 363 g/mol. The van der Waals surface area contributed by atoms with Crippen molar-refractivity contribution in [2.45, 2.75) is 33.1 Å². The lowest BCUT2D eigenvalue weighted by Crippen LogP contribution is -2.24. The second-order valence-corrected chi connectivity index (χ2v) is 7.65. The predicted molar refractivity (Wildman–Crippen MR) is 111 cm³/mol. The fourth-order valence-corrected chi connectivity index (χ4v) is 3.82. The van der Waals surface area contributed by atoms with Crippen LogP contribution in [0.1, 0.15) is 38.7 Å². The monoisotopic (exact) mass is 362 g/mol. The van der Waals surface area contributed by atoms with Crippen molar-refractivity contribution in [1.29, 1.82) is 5.26 Å². The number of ether oxygens (including phenoxy) is 1. The molecule has 1 heterocycles. The van der Waals surface area contributed by atoms with Gasteiger partial charge in [-0.15, -0.1) is 0 Å². The van der Waals surface area contributed by atoms with Gasteiger partial charge in [-0.3, -0.25) is 0 Å². The highest BCUT2D eigenvalue weighted by molar-refractivity contribution is 5.64. The molecule has 142 valence electrons. The molecule has 1 saturated heterocycles. The number of nitrogens with zero attached hydrogens (tertiary/aromatic N) is 2. The molecule has 3 heteroatoms. The Balaban J connectivity index is 1.41. The molecule has 0 spiro atoms. The molecule has 0 amide bonds. The van der Waals surface area contributed by atoms with Gasteiger partial charge in [-0.25, -0.2) is 0 Å². The number of hydrogen-bond acceptors (Lipinski definition) is 3. The van der Waals surface area contributed by atoms with E-state index in [1.54, 1.807) is 0 Å². The molecule has 3 nitrogen and oxygen atoms in total. The first kappa shape index (κ1) is 19.5. The van der Waals surface area contributed by atoms with E-state index in [0.29, 0.717) is 5.56 Å². The summed E-state index contributed by atoms with van der Waals surface area (Å²) in [5.74, 6) is 2.65. The Labute approximate surface area is 163 Å². The summed E-state index contributed by atoms with van der Waals surface area (Å²) in [6, 6.07) is 18.0. The Morgan fingerprint density at radius 1 is 1.11 bits per heavy atom. The molecule has 2 atom stereocenters. The van der Waals surface area contributed by atoms with Crippen LogP contribution >= 0.6 is 0 Å². The Kier molecular flexibility index (Phi) is 6.90. The summed E-state index contributed by atoms with van der Waals surface area (Å²) in [7, 11) is 0. The molecule has 1 aliphatic rings. The molecule has 3 rings (SSSR count). The summed E-state index contributed by atoms with van der Waals surface area (Å²) in [5.41, 5.74) is 2.94. The van der Waals surface area contributed by atoms with E-state index < -0.39 is 0 Å². The summed E-state index contributed by atoms with van der Waals surface area (Å²) in [5, 5.41) is 8.89. The molecule has 1 aliphatic heterocycles. The van der Waals surface area contributed by atoms with Crippen molar-refractivity contribution in [1.82, 2.24) is 4.90 Å². The zero-order valence-corrected chi connectivity index (χ0v) is 16.5. The van der Waals surface area contributed by atoms with Crippen molar-refractivity contribution in [3.8, 4) is 22.9 Å². The van der Waals surface area contributed by atoms with Gasteiger partial charge in [-0.1, -0.05) is 44.5 Å². The fraction of sp³-hybridized carbons (Fsp3) is 0.458. The van der Waals surface area contributed by atoms with Crippen LogP contribution in [0.25, 0.3) is 11.1 Å². The van der Waals surface area contributed by atoms with Crippen molar-refractivity contribution in [2.24, 2.45) is 11.8 Å². The van der Waals surface area contributed by atoms with Crippen molar-refractivity contribution < 1.29 is 4.74 Å². The van der Waals surface area contributed by atoms with Gasteiger partial charge >= 0.3 is 0 Å². The van der Waals surface area contributed by atoms with Crippen molar-refractivity contribution >= 4 is 0 Å². The van der Waals surface area contributed by atoms with Crippen LogP contribution in [-0.4, -0.2) is 31.1 Å². The number of hydrogen-bond donors (Lipinski definition) is 0. The maximum absolute atomic E-state index is 8.89. The standard InChI is InChI=1S/C24H30N2O/c1-3-19(2)23-13-15-26(18-23)14-4-16-27-24-11-9-22(10-12-24)21-7-5-20(17-25)6-8-21/h5-12,19,23H,3-4,13-16,18H2,1-2H3. The lowest BCUT2D eigenvalue weighted by molar-refractivity contribution is 0.250. The number of nitriles is 1. The lowest BCUT2D eigenvalue weighted by atomic mass is 9.91. The third-order valence-electron chi connectivity index (χ3n) is 5.85. The summed E-state index contributed by atoms with van der Waals surface area (Å²) in [4.78, 5) is 2.59. The Morgan fingerprint density at radius 2 is 1.78 bits per heavy atom. The summed E-state index contributed by atoms with van der Waals surface area (Å²) < 4.78 is 5.92. The third kappa shape index (κ3) is 5.34. The van der Waals surface area contributed by atoms with Crippen LogP contribution in [0.2, 0.25) is 0 Å². The van der Waals surface area contributed by atoms with Crippen molar-refractivity contribution in [2.75, 3.05) is 26.2 Å². The van der Waals surface area contributed by atoms with E-state index in [-0.39, 0.29) is 0 Å². The molecule has 0 bridgehead atoms. The molecule has 2 aromatic carbocycles. The smallest absolute Gasteiger partial charge is 0.119 e. The molecule has 2 unspecified atom stereocenters. The van der Waals surface area contributed by atoms with Gasteiger partial charge in [-0.2, -0.15) is 5.26 Å². The number of likely N-dealkylation sites (tertiary alicyclic amines) is 1. The molecular weight excluding hydrogens is 332 g/mol. The van der Waals surface area contributed by atoms with E-state index >= 15 is 0 Å². The van der Waals surface area contributed by atoms with Crippen molar-refractivity contribution in [3.05, 3.63) is 54.1 Å². The first-order valence-electron chi connectivity index (χ1n) is 10.2. The highest BCUT2D eigenvalue weighted by atomic mass is 16.5. The minimum Gasteiger partial charge on any atom is -0.494 e. The van der Waals surface area contributed by atoms with Gasteiger partial charge in [0, 0.05) is 13.1 Å². The van der Waals surface area contributed by atoms with Gasteiger partial charge in [0.05, 0.1) is 18.2 Å². The summed E-state index contributed by atoms with van der Waals surface area (Å²) in [6.07, 6.45) is 3.72. The Hall–Kier alpha value is -2.31. The molecule has 0 radical (unpaired) electrons. The van der Waals surface area contributed by atoms with Gasteiger partial charge in [0.15, 0.2) is 0 Å². The van der Waals surface area contributed by atoms with Crippen LogP contribution in [0.3, 0.4) is 0 Å². The largest absolute Gasteiger partial charge is 0.494 e. The van der Waals surface area contributed by atoms with E-state index in [1.165, 1.54) is 25.9 Å². The zero-order valence-electron chi connectivity index (χ0n) is 16.5. The highest BCUT2D eigenvalue weighted by Crippen LogP contribution is 2.26. The summed E-state index contributed by atoms with van der Waals surface area (Å²) in [6.45, 7) is 9.09. The van der Waals surface area contributed by atoms with Crippen LogP contribution in [0.4, 0.5) is 0 Å². The Bertz CT molecular complexity index is 745. The maximum atomic E-state index is 8.89. The topological polar surface area (TPSA) is 36.3 Å². The third-order valence-corrected chi connectivity index (χ3v) is 5.85. The quantitative estimate of drug-likeness (QED) is 0.593. The van der Waals surface area contributed by atoms with E-state index in [4.69, 9.17) is 10.00 Å². The highest BCUT2D eigenvalue weighted by Gasteiger charge is 2.25. The molecule has 27 heavy (non-hydrogen) atoms. The fourth-order valence-electron chi connectivity index (χ4n) is 3.82. The van der Waals surface area contributed by atoms with E-state index in [0.717, 1.165) is 48.3 Å². The second kappa shape index (κ2) is 9.58. The first-order chi connectivity index (χ1) is 13.2. The molecule has 1 fully saturated rings. The van der Waals surface area contributed by atoms with Crippen LogP contribution in [0, 0.1) is 23.2 Å². The van der Waals surface area contributed by atoms with Gasteiger partial charge in [-0.05, 0) is 66.6 Å². The molecule has 0 saturated carbocycles. The molecule has 0 aliphatic carbocycles. The predicted octanol–water partition coefficient (Wildman–Crippen LogP) is 5.36. The second-order valence-electron chi connectivity index (χ2n) is 7.65. The summed E-state index contributed by atoms with van der Waals surface area (Å²) >= 11 is 0. The number of benzene rings is 2. The number of rotatable bonds is 8. The van der Waals surface area contributed by atoms with Crippen LogP contribution in [0.15, 0.2) is 48.5 Å². The van der Waals surface area contributed by atoms with Crippen LogP contribution < -0.4 is 4.74 Å². The van der Waals surface area contributed by atoms with E-state index in [9.17, 15) is 0 Å². The minimum atomic E-state index is 0.687. The molecule has 2 aromatic rings. The van der Waals surface area contributed by atoms with Gasteiger partial charge in [0.25, 0.3) is 0 Å². The molecular formula is C24H30N2O. The van der Waals surface area contributed by atoms with Crippen LogP contribution in [0.5, 0.6) is 5.75 Å². The maximum Gasteiger partial charge on any atom is 0.119 e. The molecule has 0 aromatic heterocycles. The van der Waals surface area contributed by atoms with E-state index in [1.807, 2.05) is 36.4 Å². The first-order valence-corrected chi connectivity index (χ1v) is 10.2. The zero-order chi connectivity index (χ0) is 19.1. The Morgan fingerprint density at radius 3 is 2.41 bits per heavy atom. The van der Waals surface area contributed by atoms with Gasteiger partial charge in [0.2, 0.25) is 0 Å². The SMILES string of the molecule is CCC(C)C1CCN(CCCOc2ccc(-c3ccc(C#N)cc3)cc2)C1. The van der Waals surface area contributed by atoms with Crippen molar-refractivity contribution in [3.63, 3.8) is 0 Å². The lowest BCUT2D eigenvalue weighted by Gasteiger charge is -2.19. The van der Waals surface area contributed by atoms with Gasteiger partial charge in [0.1, 0.15) is 5.75 Å². The normalized spacial score (nSPS) is 18.2. The van der Waals surface area contributed by atoms with Crippen LogP contribution in [-0.2, 0) is 0 Å². The average Bonchev–Trinajstić information content (AvgIpc) is 3.20. The van der Waals surface area contributed by atoms with Gasteiger partial charge < -0.3 is 9.64 Å².